The number of fused-ring (bicyclic) bond motifs is 1. The van der Waals surface area contributed by atoms with Gasteiger partial charge in [0.2, 0.25) is 0 Å². The van der Waals surface area contributed by atoms with E-state index >= 15 is 0 Å². The summed E-state index contributed by atoms with van der Waals surface area (Å²) >= 11 is 0. The van der Waals surface area contributed by atoms with E-state index < -0.39 is 0 Å². The van der Waals surface area contributed by atoms with Gasteiger partial charge in [-0.25, -0.2) is 4.79 Å². The van der Waals surface area contributed by atoms with Crippen molar-refractivity contribution in [3.8, 4) is 5.75 Å². The molecule has 0 unspecified atom stereocenters. The molecule has 4 nitrogen and oxygen atoms in total. The summed E-state index contributed by atoms with van der Waals surface area (Å²) in [6.07, 6.45) is 5.19. The summed E-state index contributed by atoms with van der Waals surface area (Å²) in [5, 5.41) is 1.30. The number of aromatic nitrogens is 1. The lowest BCUT2D eigenvalue weighted by Crippen LogP contribution is -2.40. The Labute approximate surface area is 154 Å². The van der Waals surface area contributed by atoms with E-state index in [4.69, 9.17) is 4.74 Å². The van der Waals surface area contributed by atoms with Crippen molar-refractivity contribution >= 4 is 17.0 Å². The Balaban J connectivity index is 1.26. The highest BCUT2D eigenvalue weighted by Crippen LogP contribution is 2.24. The van der Waals surface area contributed by atoms with Crippen molar-refractivity contribution in [3.63, 3.8) is 0 Å². The number of carbonyl (C=O) groups is 1. The van der Waals surface area contributed by atoms with Gasteiger partial charge in [-0.2, -0.15) is 0 Å². The van der Waals surface area contributed by atoms with Crippen molar-refractivity contribution in [2.24, 2.45) is 5.92 Å². The van der Waals surface area contributed by atoms with Crippen LogP contribution in [-0.4, -0.2) is 28.6 Å². The van der Waals surface area contributed by atoms with Gasteiger partial charge in [-0.3, -0.25) is 0 Å². The molecule has 1 fully saturated rings. The first-order valence-electron chi connectivity index (χ1n) is 9.35. The molecule has 0 bridgehead atoms. The molecular weight excluding hydrogens is 324 g/mol. The number of aryl methyl sites for hydroxylation is 1. The van der Waals surface area contributed by atoms with Gasteiger partial charge in [0.05, 0.1) is 0 Å². The highest BCUT2D eigenvalue weighted by Gasteiger charge is 2.24. The minimum absolute atomic E-state index is 0.231. The molecule has 4 heteroatoms. The fraction of sp³-hybridized carbons (Fsp3) is 0.318. The van der Waals surface area contributed by atoms with Crippen molar-refractivity contribution in [3.05, 3.63) is 66.9 Å². The average molecular weight is 348 g/mol. The van der Waals surface area contributed by atoms with E-state index in [-0.39, 0.29) is 6.09 Å². The topological polar surface area (TPSA) is 34.5 Å². The Kier molecular flexibility index (Phi) is 4.91. The number of para-hydroxylation sites is 2. The molecule has 0 saturated carbocycles. The van der Waals surface area contributed by atoms with Crippen LogP contribution in [0.2, 0.25) is 0 Å². The molecule has 0 spiro atoms. The zero-order chi connectivity index (χ0) is 17.8. The molecule has 1 amide bonds. The maximum Gasteiger partial charge on any atom is 0.415 e. The summed E-state index contributed by atoms with van der Waals surface area (Å²) in [7, 11) is 0. The quantitative estimate of drug-likeness (QED) is 0.669. The third-order valence-corrected chi connectivity index (χ3v) is 5.28. The van der Waals surface area contributed by atoms with Crippen LogP contribution in [0.5, 0.6) is 5.75 Å². The largest absolute Gasteiger partial charge is 0.415 e. The lowest BCUT2D eigenvalue weighted by Gasteiger charge is -2.31. The molecule has 3 aromatic rings. The molecule has 1 aliphatic heterocycles. The van der Waals surface area contributed by atoms with E-state index in [1.165, 1.54) is 10.9 Å². The summed E-state index contributed by atoms with van der Waals surface area (Å²) in [6, 6.07) is 20.0. The number of likely N-dealkylation sites (tertiary alicyclic amines) is 1. The van der Waals surface area contributed by atoms with E-state index in [0.29, 0.717) is 11.7 Å². The fourth-order valence-electron chi connectivity index (χ4n) is 3.72. The van der Waals surface area contributed by atoms with Gasteiger partial charge in [0, 0.05) is 31.3 Å². The number of ether oxygens (including phenoxy) is 1. The van der Waals surface area contributed by atoms with E-state index in [0.717, 1.165) is 38.9 Å². The first-order chi connectivity index (χ1) is 12.8. The second kappa shape index (κ2) is 7.65. The summed E-state index contributed by atoms with van der Waals surface area (Å²) in [4.78, 5) is 14.1. The molecule has 2 aromatic carbocycles. The molecule has 4 rings (SSSR count). The van der Waals surface area contributed by atoms with Crippen molar-refractivity contribution in [2.75, 3.05) is 13.1 Å². The van der Waals surface area contributed by atoms with Crippen LogP contribution < -0.4 is 4.74 Å². The van der Waals surface area contributed by atoms with Gasteiger partial charge in [-0.1, -0.05) is 36.4 Å². The third kappa shape index (κ3) is 3.74. The normalized spacial score (nSPS) is 15.3. The third-order valence-electron chi connectivity index (χ3n) is 5.28. The minimum Gasteiger partial charge on any atom is -0.410 e. The molecule has 26 heavy (non-hydrogen) atoms. The lowest BCUT2D eigenvalue weighted by molar-refractivity contribution is 0.128. The number of hydrogen-bond donors (Lipinski definition) is 0. The van der Waals surface area contributed by atoms with Crippen LogP contribution in [0.4, 0.5) is 4.79 Å². The summed E-state index contributed by atoms with van der Waals surface area (Å²) < 4.78 is 7.78. The SMILES string of the molecule is O=C(Oc1ccccc1)N1CCC(CCn2ccc3ccccc32)CC1. The number of amides is 1. The summed E-state index contributed by atoms with van der Waals surface area (Å²) in [5.74, 6) is 1.27. The number of carbonyl (C=O) groups excluding carboxylic acids is 1. The van der Waals surface area contributed by atoms with Crippen LogP contribution >= 0.6 is 0 Å². The van der Waals surface area contributed by atoms with Crippen molar-refractivity contribution < 1.29 is 9.53 Å². The molecule has 0 radical (unpaired) electrons. The zero-order valence-electron chi connectivity index (χ0n) is 14.9. The molecular formula is C22H24N2O2. The fourth-order valence-corrected chi connectivity index (χ4v) is 3.72. The standard InChI is InChI=1S/C22H24N2O2/c25-22(26-20-7-2-1-3-8-20)24-15-11-18(12-16-24)10-14-23-17-13-19-6-4-5-9-21(19)23/h1-9,13,17-18H,10-12,14-16H2. The van der Waals surface area contributed by atoms with Crippen LogP contribution in [0.3, 0.4) is 0 Å². The molecule has 1 saturated heterocycles. The van der Waals surface area contributed by atoms with E-state index in [9.17, 15) is 4.79 Å². The monoisotopic (exact) mass is 348 g/mol. The Morgan fingerprint density at radius 1 is 0.962 bits per heavy atom. The second-order valence-corrected chi connectivity index (χ2v) is 6.97. The maximum absolute atomic E-state index is 12.3. The van der Waals surface area contributed by atoms with Crippen LogP contribution in [0.1, 0.15) is 19.3 Å². The van der Waals surface area contributed by atoms with Crippen LogP contribution in [0.15, 0.2) is 66.9 Å². The first-order valence-corrected chi connectivity index (χ1v) is 9.35. The molecule has 0 N–H and O–H groups in total. The molecule has 134 valence electrons. The molecule has 0 aliphatic carbocycles. The maximum atomic E-state index is 12.3. The number of benzene rings is 2. The Morgan fingerprint density at radius 3 is 2.50 bits per heavy atom. The first kappa shape index (κ1) is 16.7. The van der Waals surface area contributed by atoms with Crippen LogP contribution in [0, 0.1) is 5.92 Å². The molecule has 0 atom stereocenters. The highest BCUT2D eigenvalue weighted by molar-refractivity contribution is 5.79. The Morgan fingerprint density at radius 2 is 1.69 bits per heavy atom. The number of piperidine rings is 1. The number of rotatable bonds is 4. The number of hydrogen-bond acceptors (Lipinski definition) is 2. The van der Waals surface area contributed by atoms with Crippen molar-refractivity contribution in [2.45, 2.75) is 25.8 Å². The number of nitrogens with zero attached hydrogens (tertiary/aromatic N) is 2. The smallest absolute Gasteiger partial charge is 0.410 e. The van der Waals surface area contributed by atoms with Crippen molar-refractivity contribution in [1.29, 1.82) is 0 Å². The molecule has 1 aromatic heterocycles. The highest BCUT2D eigenvalue weighted by atomic mass is 16.6. The van der Waals surface area contributed by atoms with Crippen molar-refractivity contribution in [1.82, 2.24) is 9.47 Å². The predicted molar refractivity (Wildman–Crippen MR) is 103 cm³/mol. The van der Waals surface area contributed by atoms with E-state index in [1.54, 1.807) is 0 Å². The van der Waals surface area contributed by atoms with Gasteiger partial charge in [-0.05, 0) is 54.8 Å². The predicted octanol–water partition coefficient (Wildman–Crippen LogP) is 4.94. The van der Waals surface area contributed by atoms with Gasteiger partial charge in [-0.15, -0.1) is 0 Å². The molecule has 1 aliphatic rings. The van der Waals surface area contributed by atoms with Gasteiger partial charge in [0.1, 0.15) is 5.75 Å². The second-order valence-electron chi connectivity index (χ2n) is 6.97. The minimum atomic E-state index is -0.231. The lowest BCUT2D eigenvalue weighted by atomic mass is 9.94. The average Bonchev–Trinajstić information content (AvgIpc) is 3.11. The van der Waals surface area contributed by atoms with Gasteiger partial charge in [0.15, 0.2) is 0 Å². The zero-order valence-corrected chi connectivity index (χ0v) is 14.9. The van der Waals surface area contributed by atoms with Gasteiger partial charge < -0.3 is 14.2 Å². The van der Waals surface area contributed by atoms with Crippen LogP contribution in [-0.2, 0) is 6.54 Å². The summed E-state index contributed by atoms with van der Waals surface area (Å²) in [5.41, 5.74) is 1.30. The summed E-state index contributed by atoms with van der Waals surface area (Å²) in [6.45, 7) is 2.60. The van der Waals surface area contributed by atoms with E-state index in [1.807, 2.05) is 35.2 Å². The van der Waals surface area contributed by atoms with Crippen LogP contribution in [0.25, 0.3) is 10.9 Å². The van der Waals surface area contributed by atoms with E-state index in [2.05, 4.69) is 41.1 Å². The Bertz CT molecular complexity index is 864. The van der Waals surface area contributed by atoms with Gasteiger partial charge in [0.25, 0.3) is 0 Å². The molecule has 2 heterocycles. The van der Waals surface area contributed by atoms with Gasteiger partial charge >= 0.3 is 6.09 Å². The Hall–Kier alpha value is -2.75.